The normalized spacial score (nSPS) is 12.5. The van der Waals surface area contributed by atoms with Crippen LogP contribution in [0.3, 0.4) is 0 Å². The maximum Gasteiger partial charge on any atom is 0.146 e. The summed E-state index contributed by atoms with van der Waals surface area (Å²) in [7, 11) is 0. The average Bonchev–Trinajstić information content (AvgIpc) is 2.63. The molecule has 0 bridgehead atoms. The van der Waals surface area contributed by atoms with E-state index in [0.717, 1.165) is 10.0 Å². The van der Waals surface area contributed by atoms with Crippen LogP contribution in [0, 0.1) is 5.82 Å². The van der Waals surface area contributed by atoms with E-state index in [1.54, 1.807) is 18.2 Å². The summed E-state index contributed by atoms with van der Waals surface area (Å²) in [5, 5.41) is 3.08. The van der Waals surface area contributed by atoms with E-state index in [0.29, 0.717) is 14.4 Å². The van der Waals surface area contributed by atoms with Crippen LogP contribution >= 0.6 is 50.5 Å². The third kappa shape index (κ3) is 3.18. The maximum absolute atomic E-state index is 13.6. The molecule has 0 saturated carbocycles. The van der Waals surface area contributed by atoms with Crippen LogP contribution in [0.4, 0.5) is 10.1 Å². The second kappa shape index (κ2) is 5.78. The molecule has 0 aliphatic carbocycles. The van der Waals surface area contributed by atoms with Crippen LogP contribution in [0.15, 0.2) is 28.7 Å². The van der Waals surface area contributed by atoms with Gasteiger partial charge in [0.25, 0.3) is 0 Å². The molecule has 0 fully saturated rings. The molecule has 0 amide bonds. The van der Waals surface area contributed by atoms with Crippen molar-refractivity contribution in [1.29, 1.82) is 0 Å². The van der Waals surface area contributed by atoms with Gasteiger partial charge in [-0.3, -0.25) is 0 Å². The van der Waals surface area contributed by atoms with Crippen molar-refractivity contribution in [3.8, 4) is 0 Å². The molecule has 1 atom stereocenters. The zero-order valence-electron chi connectivity index (χ0n) is 9.31. The van der Waals surface area contributed by atoms with E-state index in [1.807, 2.05) is 6.92 Å². The van der Waals surface area contributed by atoms with Gasteiger partial charge in [-0.2, -0.15) is 0 Å². The highest BCUT2D eigenvalue weighted by Crippen LogP contribution is 2.36. The van der Waals surface area contributed by atoms with Crippen LogP contribution < -0.4 is 5.32 Å². The lowest BCUT2D eigenvalue weighted by Gasteiger charge is -2.15. The molecule has 1 unspecified atom stereocenters. The number of hydrogen-bond acceptors (Lipinski definition) is 2. The Bertz CT molecular complexity index is 573. The Morgan fingerprint density at radius 2 is 2.06 bits per heavy atom. The summed E-state index contributed by atoms with van der Waals surface area (Å²) in [4.78, 5) is 0. The number of halogens is 4. The minimum atomic E-state index is -0.303. The van der Waals surface area contributed by atoms with E-state index < -0.39 is 0 Å². The minimum absolute atomic E-state index is 0.120. The van der Waals surface area contributed by atoms with Gasteiger partial charge in [0, 0.05) is 10.0 Å². The Kier molecular flexibility index (Phi) is 4.54. The van der Waals surface area contributed by atoms with Crippen LogP contribution in [0.25, 0.3) is 0 Å². The van der Waals surface area contributed by atoms with Crippen molar-refractivity contribution in [2.45, 2.75) is 13.0 Å². The van der Waals surface area contributed by atoms with Gasteiger partial charge in [-0.25, -0.2) is 4.39 Å². The first-order chi connectivity index (χ1) is 8.47. The molecule has 0 radical (unpaired) electrons. The topological polar surface area (TPSA) is 12.0 Å². The molecule has 1 aromatic heterocycles. The van der Waals surface area contributed by atoms with Gasteiger partial charge in [0.1, 0.15) is 5.82 Å². The molecule has 6 heteroatoms. The molecule has 0 aliphatic heterocycles. The fraction of sp³-hybridized carbons (Fsp3) is 0.167. The third-order valence-corrected chi connectivity index (χ3v) is 4.46. The van der Waals surface area contributed by atoms with Gasteiger partial charge < -0.3 is 5.32 Å². The van der Waals surface area contributed by atoms with Crippen molar-refractivity contribution >= 4 is 56.2 Å². The molecule has 1 aromatic carbocycles. The summed E-state index contributed by atoms with van der Waals surface area (Å²) >= 11 is 16.6. The summed E-state index contributed by atoms with van der Waals surface area (Å²) in [5.41, 5.74) is 1.29. The van der Waals surface area contributed by atoms with E-state index in [2.05, 4.69) is 21.2 Å². The zero-order valence-corrected chi connectivity index (χ0v) is 13.2. The third-order valence-electron chi connectivity index (χ3n) is 2.45. The maximum atomic E-state index is 13.6. The van der Waals surface area contributed by atoms with Gasteiger partial charge in [0.2, 0.25) is 0 Å². The zero-order chi connectivity index (χ0) is 13.3. The van der Waals surface area contributed by atoms with Crippen molar-refractivity contribution in [3.05, 3.63) is 48.8 Å². The first-order valence-corrected chi connectivity index (χ1v) is 7.50. The highest BCUT2D eigenvalue weighted by Gasteiger charge is 2.14. The lowest BCUT2D eigenvalue weighted by atomic mass is 10.1. The Balaban J connectivity index is 2.23. The van der Waals surface area contributed by atoms with Crippen LogP contribution in [0.5, 0.6) is 0 Å². The highest BCUT2D eigenvalue weighted by molar-refractivity contribution is 9.10. The minimum Gasteiger partial charge on any atom is -0.376 e. The molecule has 96 valence electrons. The number of nitrogens with one attached hydrogen (secondary N) is 1. The molecule has 2 aromatic rings. The van der Waals surface area contributed by atoms with Gasteiger partial charge >= 0.3 is 0 Å². The molecule has 2 rings (SSSR count). The number of anilines is 1. The molecule has 0 aliphatic rings. The van der Waals surface area contributed by atoms with E-state index in [1.165, 1.54) is 17.4 Å². The predicted molar refractivity (Wildman–Crippen MR) is 80.5 cm³/mol. The van der Waals surface area contributed by atoms with Crippen molar-refractivity contribution < 1.29 is 4.39 Å². The SMILES string of the molecule is CC(Nc1cc(Br)ccc1F)c1cc(Cl)sc1Cl. The van der Waals surface area contributed by atoms with E-state index in [9.17, 15) is 4.39 Å². The monoisotopic (exact) mass is 367 g/mol. The number of rotatable bonds is 3. The second-order valence-corrected chi connectivity index (χ2v) is 6.97. The summed E-state index contributed by atoms with van der Waals surface area (Å²) in [6.45, 7) is 1.91. The fourth-order valence-corrected chi connectivity index (χ4v) is 3.57. The smallest absolute Gasteiger partial charge is 0.146 e. The summed E-state index contributed by atoms with van der Waals surface area (Å²) < 4.78 is 15.7. The number of benzene rings is 1. The summed E-state index contributed by atoms with van der Waals surface area (Å²) in [5.74, 6) is -0.303. The van der Waals surface area contributed by atoms with Crippen molar-refractivity contribution in [2.75, 3.05) is 5.32 Å². The highest BCUT2D eigenvalue weighted by atomic mass is 79.9. The molecule has 1 N–H and O–H groups in total. The van der Waals surface area contributed by atoms with Crippen molar-refractivity contribution in [2.24, 2.45) is 0 Å². The Labute approximate surface area is 127 Å². The molecule has 1 heterocycles. The van der Waals surface area contributed by atoms with E-state index in [-0.39, 0.29) is 11.9 Å². The first-order valence-electron chi connectivity index (χ1n) is 5.13. The van der Waals surface area contributed by atoms with Gasteiger partial charge in [-0.1, -0.05) is 39.1 Å². The predicted octanol–water partition coefficient (Wildman–Crippen LogP) is 6.13. The van der Waals surface area contributed by atoms with Crippen molar-refractivity contribution in [1.82, 2.24) is 0 Å². The Hall–Kier alpha value is -0.290. The first kappa shape index (κ1) is 14.1. The molecule has 0 spiro atoms. The summed E-state index contributed by atoms with van der Waals surface area (Å²) in [6.07, 6.45) is 0. The molecular weight excluding hydrogens is 360 g/mol. The molecule has 18 heavy (non-hydrogen) atoms. The fourth-order valence-electron chi connectivity index (χ4n) is 1.57. The number of thiophene rings is 1. The van der Waals surface area contributed by atoms with Gasteiger partial charge in [0.15, 0.2) is 0 Å². The molecular formula is C12H9BrCl2FNS. The quantitative estimate of drug-likeness (QED) is 0.687. The van der Waals surface area contributed by atoms with E-state index in [4.69, 9.17) is 23.2 Å². The van der Waals surface area contributed by atoms with Crippen molar-refractivity contribution in [3.63, 3.8) is 0 Å². The summed E-state index contributed by atoms with van der Waals surface area (Å²) in [6, 6.07) is 6.42. The Morgan fingerprint density at radius 1 is 1.33 bits per heavy atom. The Morgan fingerprint density at radius 3 is 2.67 bits per heavy atom. The lowest BCUT2D eigenvalue weighted by Crippen LogP contribution is -2.07. The van der Waals surface area contributed by atoms with Crippen LogP contribution in [0.2, 0.25) is 8.67 Å². The van der Waals surface area contributed by atoms with Gasteiger partial charge in [0.05, 0.1) is 20.4 Å². The molecule has 1 nitrogen and oxygen atoms in total. The average molecular weight is 369 g/mol. The largest absolute Gasteiger partial charge is 0.376 e. The van der Waals surface area contributed by atoms with E-state index >= 15 is 0 Å². The molecule has 0 saturated heterocycles. The van der Waals surface area contributed by atoms with Crippen LogP contribution in [0.1, 0.15) is 18.5 Å². The number of hydrogen-bond donors (Lipinski definition) is 1. The van der Waals surface area contributed by atoms with Crippen LogP contribution in [-0.4, -0.2) is 0 Å². The second-order valence-electron chi connectivity index (χ2n) is 3.77. The standard InChI is InChI=1S/C12H9BrCl2FNS/c1-6(8-5-11(14)18-12(8)15)17-10-4-7(13)2-3-9(10)16/h2-6,17H,1H3. The van der Waals surface area contributed by atoms with Gasteiger partial charge in [-0.15, -0.1) is 11.3 Å². The van der Waals surface area contributed by atoms with Gasteiger partial charge in [-0.05, 0) is 31.2 Å². The lowest BCUT2D eigenvalue weighted by molar-refractivity contribution is 0.627. The van der Waals surface area contributed by atoms with Crippen LogP contribution in [-0.2, 0) is 0 Å².